The number of hydrogen-bond acceptors (Lipinski definition) is 0. The Kier molecular flexibility index (Phi) is 2.90. The molecular weight excluding hydrogens is 206 g/mol. The summed E-state index contributed by atoms with van der Waals surface area (Å²) in [6, 6.07) is 11.0. The first-order valence-electron chi connectivity index (χ1n) is 5.41. The lowest BCUT2D eigenvalue weighted by Gasteiger charge is -2.15. The van der Waals surface area contributed by atoms with Crippen LogP contribution in [-0.2, 0) is 0 Å². The van der Waals surface area contributed by atoms with E-state index in [0.717, 1.165) is 16.3 Å². The van der Waals surface area contributed by atoms with Crippen LogP contribution in [0.15, 0.2) is 36.4 Å². The third-order valence-electron chi connectivity index (χ3n) is 2.82. The van der Waals surface area contributed by atoms with Crippen molar-refractivity contribution in [2.75, 3.05) is 0 Å². The van der Waals surface area contributed by atoms with Crippen molar-refractivity contribution in [3.05, 3.63) is 47.5 Å². The number of rotatable bonds is 2. The zero-order valence-electron chi connectivity index (χ0n) is 9.37. The van der Waals surface area contributed by atoms with Crippen LogP contribution in [0.25, 0.3) is 10.8 Å². The van der Waals surface area contributed by atoms with Gasteiger partial charge in [0, 0.05) is 5.56 Å². The van der Waals surface area contributed by atoms with Crippen molar-refractivity contribution in [1.82, 2.24) is 0 Å². The molecule has 16 heavy (non-hydrogen) atoms. The van der Waals surface area contributed by atoms with Crippen molar-refractivity contribution in [1.29, 1.82) is 0 Å². The van der Waals surface area contributed by atoms with E-state index in [-0.39, 0.29) is 11.5 Å². The number of hydrogen-bond donors (Lipinski definition) is 0. The normalized spacial score (nSPS) is 11.6. The van der Waals surface area contributed by atoms with Gasteiger partial charge in [-0.2, -0.15) is 0 Å². The predicted molar refractivity (Wildman–Crippen MR) is 63.0 cm³/mol. The molecule has 2 aromatic rings. The van der Waals surface area contributed by atoms with Gasteiger partial charge in [-0.25, -0.2) is 8.78 Å². The molecule has 0 bridgehead atoms. The fourth-order valence-electron chi connectivity index (χ4n) is 2.15. The Morgan fingerprint density at radius 3 is 2.25 bits per heavy atom. The lowest BCUT2D eigenvalue weighted by atomic mass is 9.91. The summed E-state index contributed by atoms with van der Waals surface area (Å²) in [5.74, 6) is 0.107. The molecule has 0 saturated heterocycles. The molecule has 0 N–H and O–H groups in total. The molecular formula is C14H14F2. The van der Waals surface area contributed by atoms with Gasteiger partial charge in [0.2, 0.25) is 0 Å². The zero-order chi connectivity index (χ0) is 11.7. The lowest BCUT2D eigenvalue weighted by Crippen LogP contribution is -1.98. The lowest BCUT2D eigenvalue weighted by molar-refractivity contribution is 0.150. The molecule has 84 valence electrons. The Labute approximate surface area is 93.9 Å². The summed E-state index contributed by atoms with van der Waals surface area (Å²) < 4.78 is 25.8. The Hall–Kier alpha value is -1.44. The van der Waals surface area contributed by atoms with Gasteiger partial charge in [-0.1, -0.05) is 50.2 Å². The highest BCUT2D eigenvalue weighted by atomic mass is 19.3. The van der Waals surface area contributed by atoms with Gasteiger partial charge in [-0.15, -0.1) is 0 Å². The molecule has 0 nitrogen and oxygen atoms in total. The molecule has 0 atom stereocenters. The second-order valence-corrected chi connectivity index (χ2v) is 4.24. The number of alkyl halides is 2. The molecule has 0 spiro atoms. The molecule has 0 amide bonds. The second-order valence-electron chi connectivity index (χ2n) is 4.24. The van der Waals surface area contributed by atoms with E-state index in [1.165, 1.54) is 0 Å². The minimum atomic E-state index is -2.40. The van der Waals surface area contributed by atoms with Crippen LogP contribution in [0.3, 0.4) is 0 Å². The third-order valence-corrected chi connectivity index (χ3v) is 2.82. The first kappa shape index (κ1) is 11.1. The van der Waals surface area contributed by atoms with E-state index in [0.29, 0.717) is 0 Å². The fourth-order valence-corrected chi connectivity index (χ4v) is 2.15. The number of benzene rings is 2. The molecule has 0 radical (unpaired) electrons. The zero-order valence-corrected chi connectivity index (χ0v) is 9.37. The summed E-state index contributed by atoms with van der Waals surface area (Å²) in [5.41, 5.74) is 0.932. The Bertz CT molecular complexity index is 501. The van der Waals surface area contributed by atoms with Crippen LogP contribution in [0.1, 0.15) is 37.3 Å². The van der Waals surface area contributed by atoms with Crippen molar-refractivity contribution in [2.24, 2.45) is 0 Å². The summed E-state index contributed by atoms with van der Waals surface area (Å²) in [6.07, 6.45) is -2.40. The maximum absolute atomic E-state index is 12.9. The van der Waals surface area contributed by atoms with Crippen LogP contribution in [0, 0.1) is 0 Å². The SMILES string of the molecule is CC(C)c1c(C(F)F)ccc2ccccc12. The maximum atomic E-state index is 12.9. The van der Waals surface area contributed by atoms with E-state index in [1.54, 1.807) is 12.1 Å². The fraction of sp³-hybridized carbons (Fsp3) is 0.286. The summed E-state index contributed by atoms with van der Waals surface area (Å²) in [7, 11) is 0. The minimum absolute atomic E-state index is 0.107. The van der Waals surface area contributed by atoms with Gasteiger partial charge in [-0.05, 0) is 22.3 Å². The van der Waals surface area contributed by atoms with Crippen molar-refractivity contribution in [3.8, 4) is 0 Å². The van der Waals surface area contributed by atoms with Gasteiger partial charge >= 0.3 is 0 Å². The van der Waals surface area contributed by atoms with Crippen LogP contribution >= 0.6 is 0 Å². The smallest absolute Gasteiger partial charge is 0.205 e. The van der Waals surface area contributed by atoms with Crippen molar-refractivity contribution >= 4 is 10.8 Å². The highest BCUT2D eigenvalue weighted by Gasteiger charge is 2.17. The van der Waals surface area contributed by atoms with Gasteiger partial charge in [0.1, 0.15) is 0 Å². The monoisotopic (exact) mass is 220 g/mol. The van der Waals surface area contributed by atoms with E-state index in [2.05, 4.69) is 0 Å². The predicted octanol–water partition coefficient (Wildman–Crippen LogP) is 4.90. The quantitative estimate of drug-likeness (QED) is 0.675. The molecule has 2 heteroatoms. The van der Waals surface area contributed by atoms with Gasteiger partial charge in [-0.3, -0.25) is 0 Å². The highest BCUT2D eigenvalue weighted by molar-refractivity contribution is 5.87. The van der Waals surface area contributed by atoms with Gasteiger partial charge in [0.05, 0.1) is 0 Å². The number of fused-ring (bicyclic) bond motifs is 1. The van der Waals surface area contributed by atoms with E-state index < -0.39 is 6.43 Å². The largest absolute Gasteiger partial charge is 0.264 e. The molecule has 0 saturated carbocycles. The van der Waals surface area contributed by atoms with Gasteiger partial charge in [0.15, 0.2) is 0 Å². The third kappa shape index (κ3) is 1.80. The van der Waals surface area contributed by atoms with E-state index in [1.807, 2.05) is 38.1 Å². The molecule has 0 aliphatic carbocycles. The van der Waals surface area contributed by atoms with Crippen LogP contribution < -0.4 is 0 Å². The van der Waals surface area contributed by atoms with E-state index in [9.17, 15) is 8.78 Å². The first-order chi connectivity index (χ1) is 7.61. The Morgan fingerprint density at radius 2 is 1.62 bits per heavy atom. The number of halogens is 2. The molecule has 0 aromatic heterocycles. The summed E-state index contributed by atoms with van der Waals surface area (Å²) in [5, 5.41) is 1.96. The molecule has 0 aliphatic rings. The van der Waals surface area contributed by atoms with Crippen molar-refractivity contribution in [2.45, 2.75) is 26.2 Å². The highest BCUT2D eigenvalue weighted by Crippen LogP contribution is 2.34. The average Bonchev–Trinajstić information content (AvgIpc) is 2.27. The van der Waals surface area contributed by atoms with Crippen LogP contribution in [0.2, 0.25) is 0 Å². The summed E-state index contributed by atoms with van der Waals surface area (Å²) in [6.45, 7) is 3.90. The average molecular weight is 220 g/mol. The molecule has 2 aromatic carbocycles. The topological polar surface area (TPSA) is 0 Å². The minimum Gasteiger partial charge on any atom is -0.205 e. The molecule has 2 rings (SSSR count). The van der Waals surface area contributed by atoms with Crippen LogP contribution in [0.4, 0.5) is 8.78 Å². The van der Waals surface area contributed by atoms with E-state index >= 15 is 0 Å². The van der Waals surface area contributed by atoms with Crippen LogP contribution in [0.5, 0.6) is 0 Å². The molecule has 0 fully saturated rings. The Morgan fingerprint density at radius 1 is 0.938 bits per heavy atom. The van der Waals surface area contributed by atoms with Gasteiger partial charge in [0.25, 0.3) is 6.43 Å². The molecule has 0 unspecified atom stereocenters. The summed E-state index contributed by atoms with van der Waals surface area (Å²) >= 11 is 0. The second kappa shape index (κ2) is 4.20. The van der Waals surface area contributed by atoms with Gasteiger partial charge < -0.3 is 0 Å². The van der Waals surface area contributed by atoms with Crippen molar-refractivity contribution in [3.63, 3.8) is 0 Å². The summed E-state index contributed by atoms with van der Waals surface area (Å²) in [4.78, 5) is 0. The Balaban J connectivity index is 2.79. The van der Waals surface area contributed by atoms with Crippen molar-refractivity contribution < 1.29 is 8.78 Å². The standard InChI is InChI=1S/C14H14F2/c1-9(2)13-11-6-4-3-5-10(11)7-8-12(13)14(15)16/h3-9,14H,1-2H3. The maximum Gasteiger partial charge on any atom is 0.264 e. The first-order valence-corrected chi connectivity index (χ1v) is 5.41. The van der Waals surface area contributed by atoms with E-state index in [4.69, 9.17) is 0 Å². The van der Waals surface area contributed by atoms with Crippen LogP contribution in [-0.4, -0.2) is 0 Å². The molecule has 0 aliphatic heterocycles. The molecule has 0 heterocycles.